The zero-order valence-electron chi connectivity index (χ0n) is 10.8. The lowest BCUT2D eigenvalue weighted by atomic mass is 10.2. The Morgan fingerprint density at radius 3 is 2.55 bits per heavy atom. The lowest BCUT2D eigenvalue weighted by Gasteiger charge is -2.08. The Bertz CT molecular complexity index is 693. The summed E-state index contributed by atoms with van der Waals surface area (Å²) in [4.78, 5) is 0.630. The molecule has 0 atom stereocenters. The molecule has 0 aliphatic heterocycles. The van der Waals surface area contributed by atoms with Gasteiger partial charge in [-0.05, 0) is 35.6 Å². The minimum Gasteiger partial charge on any atom is -0.391 e. The normalized spacial score (nSPS) is 11.8. The molecule has 0 saturated heterocycles. The minimum absolute atomic E-state index is 0.180. The quantitative estimate of drug-likeness (QED) is 0.885. The first kappa shape index (κ1) is 15.5. The van der Waals surface area contributed by atoms with Crippen LogP contribution < -0.4 is 4.72 Å². The van der Waals surface area contributed by atoms with Crippen molar-refractivity contribution in [3.8, 4) is 0 Å². The fourth-order valence-electron chi connectivity index (χ4n) is 1.81. The highest BCUT2D eigenvalue weighted by Crippen LogP contribution is 2.26. The highest BCUT2D eigenvalue weighted by atomic mass is 35.5. The SMILES string of the molecule is Cc1csc(CO)c1S(=O)(=O)NCc1ccc(Cl)cc1. The maximum Gasteiger partial charge on any atom is 0.242 e. The number of thiophene rings is 1. The average molecular weight is 332 g/mol. The largest absolute Gasteiger partial charge is 0.391 e. The number of halogens is 1. The van der Waals surface area contributed by atoms with Crippen LogP contribution in [0.25, 0.3) is 0 Å². The van der Waals surface area contributed by atoms with Crippen molar-refractivity contribution >= 4 is 33.0 Å². The van der Waals surface area contributed by atoms with Gasteiger partial charge >= 0.3 is 0 Å². The summed E-state index contributed by atoms with van der Waals surface area (Å²) in [5, 5.41) is 11.5. The van der Waals surface area contributed by atoms with E-state index in [0.29, 0.717) is 15.5 Å². The van der Waals surface area contributed by atoms with Gasteiger partial charge in [-0.25, -0.2) is 13.1 Å². The van der Waals surface area contributed by atoms with E-state index in [-0.39, 0.29) is 18.0 Å². The molecular weight excluding hydrogens is 318 g/mol. The van der Waals surface area contributed by atoms with E-state index < -0.39 is 10.0 Å². The summed E-state index contributed by atoms with van der Waals surface area (Å²) in [6.07, 6.45) is 0. The Balaban J connectivity index is 2.19. The maximum atomic E-state index is 12.3. The third-order valence-electron chi connectivity index (χ3n) is 2.78. The molecule has 0 unspecified atom stereocenters. The summed E-state index contributed by atoms with van der Waals surface area (Å²) >= 11 is 7.02. The van der Waals surface area contributed by atoms with Crippen molar-refractivity contribution in [2.45, 2.75) is 25.0 Å². The lowest BCUT2D eigenvalue weighted by Crippen LogP contribution is -2.24. The molecule has 0 fully saturated rings. The van der Waals surface area contributed by atoms with Crippen molar-refractivity contribution in [3.63, 3.8) is 0 Å². The second-order valence-electron chi connectivity index (χ2n) is 4.28. The van der Waals surface area contributed by atoms with Crippen molar-refractivity contribution < 1.29 is 13.5 Å². The molecule has 1 aromatic heterocycles. The van der Waals surface area contributed by atoms with Crippen LogP contribution in [0.1, 0.15) is 16.0 Å². The molecule has 0 amide bonds. The molecule has 2 aromatic rings. The smallest absolute Gasteiger partial charge is 0.242 e. The average Bonchev–Trinajstić information content (AvgIpc) is 2.80. The van der Waals surface area contributed by atoms with E-state index >= 15 is 0 Å². The molecule has 7 heteroatoms. The number of aryl methyl sites for hydroxylation is 1. The fraction of sp³-hybridized carbons (Fsp3) is 0.231. The Labute approximate surface area is 127 Å². The van der Waals surface area contributed by atoms with E-state index in [4.69, 9.17) is 11.6 Å². The Hall–Kier alpha value is -0.920. The summed E-state index contributed by atoms with van der Waals surface area (Å²) < 4.78 is 27.1. The summed E-state index contributed by atoms with van der Waals surface area (Å²) in [5.41, 5.74) is 1.46. The number of aliphatic hydroxyl groups is 1. The summed E-state index contributed by atoms with van der Waals surface area (Å²) in [6, 6.07) is 6.94. The van der Waals surface area contributed by atoms with Crippen LogP contribution in [-0.2, 0) is 23.2 Å². The predicted octanol–water partition coefficient (Wildman–Crippen LogP) is 2.68. The predicted molar refractivity (Wildman–Crippen MR) is 80.5 cm³/mol. The standard InChI is InChI=1S/C13H14ClNO3S2/c1-9-8-19-12(7-16)13(9)20(17,18)15-6-10-2-4-11(14)5-3-10/h2-5,8,15-16H,6-7H2,1H3. The highest BCUT2D eigenvalue weighted by molar-refractivity contribution is 7.89. The Kier molecular flexibility index (Phi) is 4.82. The van der Waals surface area contributed by atoms with Gasteiger partial charge in [0.05, 0.1) is 11.5 Å². The third kappa shape index (κ3) is 3.39. The van der Waals surface area contributed by atoms with Crippen LogP contribution in [0.4, 0.5) is 0 Å². The summed E-state index contributed by atoms with van der Waals surface area (Å²) in [6.45, 7) is 1.61. The molecule has 0 radical (unpaired) electrons. The zero-order valence-corrected chi connectivity index (χ0v) is 13.1. The van der Waals surface area contributed by atoms with Crippen LogP contribution in [0, 0.1) is 6.92 Å². The van der Waals surface area contributed by atoms with Crippen LogP contribution in [-0.4, -0.2) is 13.5 Å². The van der Waals surface area contributed by atoms with Gasteiger partial charge in [-0.1, -0.05) is 23.7 Å². The number of sulfonamides is 1. The number of rotatable bonds is 5. The van der Waals surface area contributed by atoms with Gasteiger partial charge in [-0.2, -0.15) is 0 Å². The first-order valence-electron chi connectivity index (χ1n) is 5.86. The molecule has 0 saturated carbocycles. The van der Waals surface area contributed by atoms with Crippen LogP contribution in [0.15, 0.2) is 34.5 Å². The van der Waals surface area contributed by atoms with Crippen LogP contribution in [0.5, 0.6) is 0 Å². The van der Waals surface area contributed by atoms with Crippen molar-refractivity contribution in [2.24, 2.45) is 0 Å². The number of hydrogen-bond donors (Lipinski definition) is 2. The third-order valence-corrected chi connectivity index (χ3v) is 5.88. The lowest BCUT2D eigenvalue weighted by molar-refractivity contribution is 0.282. The van der Waals surface area contributed by atoms with Crippen molar-refractivity contribution in [1.82, 2.24) is 4.72 Å². The Morgan fingerprint density at radius 2 is 1.95 bits per heavy atom. The molecule has 0 bridgehead atoms. The van der Waals surface area contributed by atoms with Crippen LogP contribution in [0.3, 0.4) is 0 Å². The zero-order chi connectivity index (χ0) is 14.8. The van der Waals surface area contributed by atoms with Gasteiger partial charge in [0.2, 0.25) is 10.0 Å². The molecule has 0 aliphatic rings. The van der Waals surface area contributed by atoms with E-state index in [1.807, 2.05) is 0 Å². The van der Waals surface area contributed by atoms with Gasteiger partial charge in [0, 0.05) is 11.6 Å². The monoisotopic (exact) mass is 331 g/mol. The van der Waals surface area contributed by atoms with Gasteiger partial charge in [-0.3, -0.25) is 0 Å². The van der Waals surface area contributed by atoms with Gasteiger partial charge in [0.1, 0.15) is 4.90 Å². The molecule has 2 rings (SSSR count). The molecule has 1 aromatic carbocycles. The molecule has 4 nitrogen and oxygen atoms in total. The first-order chi connectivity index (χ1) is 9.44. The van der Waals surface area contributed by atoms with Crippen molar-refractivity contribution in [3.05, 3.63) is 50.7 Å². The summed E-state index contributed by atoms with van der Waals surface area (Å²) in [7, 11) is -3.63. The number of benzene rings is 1. The molecule has 0 aliphatic carbocycles. The van der Waals surface area contributed by atoms with E-state index in [9.17, 15) is 13.5 Å². The molecular formula is C13H14ClNO3S2. The topological polar surface area (TPSA) is 66.4 Å². The van der Waals surface area contributed by atoms with Gasteiger partial charge in [0.25, 0.3) is 0 Å². The van der Waals surface area contributed by atoms with E-state index in [1.54, 1.807) is 36.6 Å². The van der Waals surface area contributed by atoms with E-state index in [0.717, 1.165) is 5.56 Å². The molecule has 1 heterocycles. The molecule has 108 valence electrons. The van der Waals surface area contributed by atoms with Gasteiger partial charge in [-0.15, -0.1) is 11.3 Å². The molecule has 20 heavy (non-hydrogen) atoms. The fourth-order valence-corrected chi connectivity index (χ4v) is 4.61. The van der Waals surface area contributed by atoms with Gasteiger partial charge in [0.15, 0.2) is 0 Å². The van der Waals surface area contributed by atoms with E-state index in [1.165, 1.54) is 11.3 Å². The number of hydrogen-bond acceptors (Lipinski definition) is 4. The van der Waals surface area contributed by atoms with Crippen LogP contribution in [0.2, 0.25) is 5.02 Å². The molecule has 2 N–H and O–H groups in total. The number of nitrogens with one attached hydrogen (secondary N) is 1. The summed E-state index contributed by atoms with van der Waals surface area (Å²) in [5.74, 6) is 0. The molecule has 0 spiro atoms. The second-order valence-corrected chi connectivity index (χ2v) is 7.38. The second kappa shape index (κ2) is 6.24. The minimum atomic E-state index is -3.63. The number of aliphatic hydroxyl groups excluding tert-OH is 1. The highest BCUT2D eigenvalue weighted by Gasteiger charge is 2.22. The first-order valence-corrected chi connectivity index (χ1v) is 8.60. The van der Waals surface area contributed by atoms with E-state index in [2.05, 4.69) is 4.72 Å². The Morgan fingerprint density at radius 1 is 1.30 bits per heavy atom. The maximum absolute atomic E-state index is 12.3. The van der Waals surface area contributed by atoms with Crippen molar-refractivity contribution in [2.75, 3.05) is 0 Å². The van der Waals surface area contributed by atoms with Crippen LogP contribution >= 0.6 is 22.9 Å². The van der Waals surface area contributed by atoms with Crippen molar-refractivity contribution in [1.29, 1.82) is 0 Å². The van der Waals surface area contributed by atoms with Gasteiger partial charge < -0.3 is 5.11 Å².